The molecule has 3 N–H and O–H groups in total. The summed E-state index contributed by atoms with van der Waals surface area (Å²) in [6, 6.07) is 3.17. The van der Waals surface area contributed by atoms with Crippen molar-refractivity contribution in [2.45, 2.75) is 18.1 Å². The van der Waals surface area contributed by atoms with E-state index >= 15 is 0 Å². The van der Waals surface area contributed by atoms with E-state index in [1.165, 1.54) is 7.11 Å². The first-order chi connectivity index (χ1) is 9.74. The van der Waals surface area contributed by atoms with Crippen LogP contribution in [0.15, 0.2) is 16.3 Å². The van der Waals surface area contributed by atoms with Gasteiger partial charge in [-0.25, -0.2) is 13.4 Å². The van der Waals surface area contributed by atoms with Gasteiger partial charge < -0.3 is 10.5 Å². The van der Waals surface area contributed by atoms with Crippen LogP contribution in [0.1, 0.15) is 11.3 Å². The lowest BCUT2D eigenvalue weighted by molar-refractivity contribution is 0.417. The van der Waals surface area contributed by atoms with Gasteiger partial charge in [-0.1, -0.05) is 22.9 Å². The van der Waals surface area contributed by atoms with Crippen molar-refractivity contribution in [1.29, 1.82) is 0 Å². The Morgan fingerprint density at radius 2 is 2.05 bits per heavy atom. The summed E-state index contributed by atoms with van der Waals surface area (Å²) in [6.07, 6.45) is 0. The van der Waals surface area contributed by atoms with Gasteiger partial charge in [-0.15, -0.1) is 0 Å². The summed E-state index contributed by atoms with van der Waals surface area (Å²) in [5, 5.41) is 0.695. The SMILES string of the molecule is COc1cc(Cl)c(C)cc1NS(=O)(=O)c1sc(N)nc1C. The second kappa shape index (κ2) is 5.70. The third-order valence-electron chi connectivity index (χ3n) is 2.74. The number of halogens is 1. The van der Waals surface area contributed by atoms with Crippen molar-refractivity contribution in [1.82, 2.24) is 4.98 Å². The average molecular weight is 348 g/mol. The fourth-order valence-corrected chi connectivity index (χ4v) is 4.27. The maximum absolute atomic E-state index is 12.4. The molecule has 1 aromatic carbocycles. The second-order valence-electron chi connectivity index (χ2n) is 4.33. The molecule has 0 bridgehead atoms. The predicted octanol–water partition coefficient (Wildman–Crippen LogP) is 2.80. The molecule has 0 amide bonds. The third kappa shape index (κ3) is 3.22. The van der Waals surface area contributed by atoms with E-state index in [1.807, 2.05) is 0 Å². The minimum atomic E-state index is -3.78. The van der Waals surface area contributed by atoms with Crippen LogP contribution in [-0.4, -0.2) is 20.5 Å². The molecule has 2 rings (SSSR count). The second-order valence-corrected chi connectivity index (χ2v) is 7.65. The Hall–Kier alpha value is -1.51. The first-order valence-electron chi connectivity index (χ1n) is 5.84. The molecule has 0 spiro atoms. The van der Waals surface area contributed by atoms with Gasteiger partial charge in [0.05, 0.1) is 18.5 Å². The first-order valence-corrected chi connectivity index (χ1v) is 8.52. The number of nitrogens with two attached hydrogens (primary N) is 1. The number of methoxy groups -OCH3 is 1. The van der Waals surface area contributed by atoms with Gasteiger partial charge in [0.2, 0.25) is 0 Å². The van der Waals surface area contributed by atoms with Crippen molar-refractivity contribution in [2.75, 3.05) is 17.6 Å². The number of nitrogens with one attached hydrogen (secondary N) is 1. The Kier molecular flexibility index (Phi) is 4.31. The van der Waals surface area contributed by atoms with Gasteiger partial charge in [0.25, 0.3) is 10.0 Å². The molecule has 0 fully saturated rings. The van der Waals surface area contributed by atoms with Gasteiger partial charge in [0.1, 0.15) is 5.75 Å². The number of aromatic nitrogens is 1. The normalized spacial score (nSPS) is 11.4. The molecule has 0 radical (unpaired) electrons. The van der Waals surface area contributed by atoms with Crippen LogP contribution in [0.3, 0.4) is 0 Å². The van der Waals surface area contributed by atoms with E-state index in [4.69, 9.17) is 22.1 Å². The molecule has 1 heterocycles. The molecule has 2 aromatic rings. The maximum atomic E-state index is 12.4. The number of sulfonamides is 1. The molecule has 9 heteroatoms. The Bertz CT molecular complexity index is 787. The summed E-state index contributed by atoms with van der Waals surface area (Å²) in [5.41, 5.74) is 6.94. The highest BCUT2D eigenvalue weighted by Gasteiger charge is 2.23. The van der Waals surface area contributed by atoms with Crippen LogP contribution in [-0.2, 0) is 10.0 Å². The van der Waals surface area contributed by atoms with E-state index in [2.05, 4.69) is 9.71 Å². The van der Waals surface area contributed by atoms with Crippen molar-refractivity contribution in [3.8, 4) is 5.75 Å². The van der Waals surface area contributed by atoms with Crippen LogP contribution in [0.4, 0.5) is 10.8 Å². The number of nitrogen functional groups attached to an aromatic ring is 1. The summed E-state index contributed by atoms with van der Waals surface area (Å²) < 4.78 is 32.5. The zero-order valence-electron chi connectivity index (χ0n) is 11.6. The molecule has 114 valence electrons. The monoisotopic (exact) mass is 347 g/mol. The smallest absolute Gasteiger partial charge is 0.273 e. The number of aryl methyl sites for hydroxylation is 2. The van der Waals surface area contributed by atoms with Crippen molar-refractivity contribution in [3.63, 3.8) is 0 Å². The molecular weight excluding hydrogens is 334 g/mol. The van der Waals surface area contributed by atoms with E-state index in [0.29, 0.717) is 22.2 Å². The van der Waals surface area contributed by atoms with E-state index in [9.17, 15) is 8.42 Å². The van der Waals surface area contributed by atoms with Gasteiger partial charge in [0, 0.05) is 11.1 Å². The van der Waals surface area contributed by atoms with Crippen LogP contribution in [0.25, 0.3) is 0 Å². The number of anilines is 2. The summed E-state index contributed by atoms with van der Waals surface area (Å²) in [6.45, 7) is 3.36. The van der Waals surface area contributed by atoms with E-state index < -0.39 is 10.0 Å². The topological polar surface area (TPSA) is 94.3 Å². The molecule has 21 heavy (non-hydrogen) atoms. The molecule has 0 saturated carbocycles. The molecule has 0 saturated heterocycles. The molecule has 0 aliphatic carbocycles. The lowest BCUT2D eigenvalue weighted by atomic mass is 10.2. The Balaban J connectivity index is 2.46. The number of nitrogens with zero attached hydrogens (tertiary/aromatic N) is 1. The van der Waals surface area contributed by atoms with E-state index in [-0.39, 0.29) is 9.34 Å². The van der Waals surface area contributed by atoms with Crippen molar-refractivity contribution in [2.24, 2.45) is 0 Å². The van der Waals surface area contributed by atoms with Crippen molar-refractivity contribution in [3.05, 3.63) is 28.4 Å². The molecule has 6 nitrogen and oxygen atoms in total. The molecule has 0 aliphatic rings. The Morgan fingerprint density at radius 1 is 1.38 bits per heavy atom. The Morgan fingerprint density at radius 3 is 2.57 bits per heavy atom. The van der Waals surface area contributed by atoms with Crippen LogP contribution in [0.5, 0.6) is 5.75 Å². The maximum Gasteiger partial charge on any atom is 0.273 e. The fraction of sp³-hybridized carbons (Fsp3) is 0.250. The van der Waals surface area contributed by atoms with E-state index in [0.717, 1.165) is 16.9 Å². The minimum absolute atomic E-state index is 0.0784. The standard InChI is InChI=1S/C12H14ClN3O3S2/c1-6-4-9(10(19-3)5-8(6)13)16-21(17,18)11-7(2)15-12(14)20-11/h4-5,16H,1-3H3,(H2,14,15). The zero-order chi connectivity index (χ0) is 15.8. The van der Waals surface area contributed by atoms with Crippen LogP contribution < -0.4 is 15.2 Å². The highest BCUT2D eigenvalue weighted by atomic mass is 35.5. The van der Waals surface area contributed by atoms with Crippen molar-refractivity contribution >= 4 is 43.8 Å². The van der Waals surface area contributed by atoms with Crippen LogP contribution in [0.2, 0.25) is 5.02 Å². The van der Waals surface area contributed by atoms with Crippen LogP contribution >= 0.6 is 22.9 Å². The fourth-order valence-electron chi connectivity index (χ4n) is 1.75. The van der Waals surface area contributed by atoms with Gasteiger partial charge >= 0.3 is 0 Å². The largest absolute Gasteiger partial charge is 0.495 e. The summed E-state index contributed by atoms with van der Waals surface area (Å²) in [4.78, 5) is 3.92. The van der Waals surface area contributed by atoms with Gasteiger partial charge in [-0.3, -0.25) is 4.72 Å². The molecule has 1 aromatic heterocycles. The molecule has 0 atom stereocenters. The zero-order valence-corrected chi connectivity index (χ0v) is 14.0. The van der Waals surface area contributed by atoms with Crippen molar-refractivity contribution < 1.29 is 13.2 Å². The number of rotatable bonds is 4. The number of ether oxygens (including phenoxy) is 1. The number of thiazole rings is 1. The lowest BCUT2D eigenvalue weighted by Crippen LogP contribution is -2.13. The summed E-state index contributed by atoms with van der Waals surface area (Å²) in [7, 11) is -2.34. The number of benzene rings is 1. The lowest BCUT2D eigenvalue weighted by Gasteiger charge is -2.13. The van der Waals surface area contributed by atoms with E-state index in [1.54, 1.807) is 26.0 Å². The van der Waals surface area contributed by atoms with Crippen LogP contribution in [0, 0.1) is 13.8 Å². The number of hydrogen-bond donors (Lipinski definition) is 2. The molecular formula is C12H14ClN3O3S2. The first kappa shape index (κ1) is 15.9. The molecule has 0 aliphatic heterocycles. The number of hydrogen-bond acceptors (Lipinski definition) is 6. The van der Waals surface area contributed by atoms with Gasteiger partial charge in [-0.2, -0.15) is 0 Å². The van der Waals surface area contributed by atoms with Gasteiger partial charge in [0.15, 0.2) is 9.34 Å². The highest BCUT2D eigenvalue weighted by Crippen LogP contribution is 2.34. The predicted molar refractivity (Wildman–Crippen MR) is 84.8 cm³/mol. The third-order valence-corrected chi connectivity index (χ3v) is 6.11. The highest BCUT2D eigenvalue weighted by molar-refractivity contribution is 7.94. The quantitative estimate of drug-likeness (QED) is 0.886. The van der Waals surface area contributed by atoms with Gasteiger partial charge in [-0.05, 0) is 25.5 Å². The summed E-state index contributed by atoms with van der Waals surface area (Å²) in [5.74, 6) is 0.337. The minimum Gasteiger partial charge on any atom is -0.495 e. The Labute approximate surface area is 132 Å². The summed E-state index contributed by atoms with van der Waals surface area (Å²) >= 11 is 6.91. The molecule has 0 unspecified atom stereocenters. The average Bonchev–Trinajstić information content (AvgIpc) is 2.73.